The van der Waals surface area contributed by atoms with Gasteiger partial charge in [0.05, 0.1) is 13.3 Å². The third-order valence-electron chi connectivity index (χ3n) is 1.45. The maximum Gasteiger partial charge on any atom is 0.409 e. The zero-order chi connectivity index (χ0) is 9.14. The van der Waals surface area contributed by atoms with Crippen LogP contribution < -0.4 is 4.68 Å². The summed E-state index contributed by atoms with van der Waals surface area (Å²) >= 11 is 0. The fourth-order valence-corrected chi connectivity index (χ4v) is 0.838. The van der Waals surface area contributed by atoms with Gasteiger partial charge in [-0.25, -0.2) is 9.89 Å². The van der Waals surface area contributed by atoms with E-state index in [1.807, 2.05) is 0 Å². The number of rotatable bonds is 2. The van der Waals surface area contributed by atoms with Crippen molar-refractivity contribution in [1.82, 2.24) is 5.10 Å². The topological polar surface area (TPSA) is 75.4 Å². The van der Waals surface area contributed by atoms with Crippen molar-refractivity contribution >= 4 is 11.8 Å². The van der Waals surface area contributed by atoms with E-state index in [4.69, 9.17) is 0 Å². The highest BCUT2D eigenvalue weighted by Crippen LogP contribution is 2.12. The first-order chi connectivity index (χ1) is 5.70. The monoisotopic (exact) mass is 170 g/mol. The summed E-state index contributed by atoms with van der Waals surface area (Å²) in [6, 6.07) is 0. The summed E-state index contributed by atoms with van der Waals surface area (Å²) in [6.45, 7) is 0. The number of methoxy groups -OCH3 is 1. The molecule has 1 aromatic rings. The van der Waals surface area contributed by atoms with E-state index < -0.39 is 5.97 Å². The maximum atomic E-state index is 11.0. The third kappa shape index (κ3) is 1.18. The number of esters is 1. The zero-order valence-corrected chi connectivity index (χ0v) is 6.70. The number of nitrogens with one attached hydrogen (secondary N) is 1. The number of aromatic nitrogens is 2. The van der Waals surface area contributed by atoms with Crippen molar-refractivity contribution in [2.24, 2.45) is 12.2 Å². The number of aromatic amines is 1. The summed E-state index contributed by atoms with van der Waals surface area (Å²) in [5.41, 5.74) is 0.134. The van der Waals surface area contributed by atoms with Crippen molar-refractivity contribution in [2.75, 3.05) is 7.11 Å². The highest BCUT2D eigenvalue weighted by Gasteiger charge is 2.24. The van der Waals surface area contributed by atoms with E-state index >= 15 is 0 Å². The molecule has 0 fully saturated rings. The molecule has 0 radical (unpaired) electrons. The average Bonchev–Trinajstić information content (AvgIpc) is 2.45. The smallest absolute Gasteiger partial charge is 0.409 e. The van der Waals surface area contributed by atoms with Crippen LogP contribution in [-0.4, -0.2) is 18.2 Å². The Balaban J connectivity index is 3.15. The van der Waals surface area contributed by atoms with E-state index in [9.17, 15) is 9.70 Å². The predicted octanol–water partition coefficient (Wildman–Crippen LogP) is 0.0237. The SMILES string of the molecule is COC(=O)c1c[nH][n+](C)c1N=O. The van der Waals surface area contributed by atoms with Crippen LogP contribution in [0.5, 0.6) is 0 Å². The molecule has 64 valence electrons. The van der Waals surface area contributed by atoms with Crippen molar-refractivity contribution in [3.8, 4) is 0 Å². The van der Waals surface area contributed by atoms with Gasteiger partial charge in [-0.05, 0) is 4.91 Å². The lowest BCUT2D eigenvalue weighted by Crippen LogP contribution is -2.29. The van der Waals surface area contributed by atoms with Crippen LogP contribution in [-0.2, 0) is 11.8 Å². The molecule has 6 heteroatoms. The van der Waals surface area contributed by atoms with Crippen LogP contribution in [0.2, 0.25) is 0 Å². The van der Waals surface area contributed by atoms with Gasteiger partial charge in [0.1, 0.15) is 7.05 Å². The first kappa shape index (κ1) is 8.38. The molecule has 0 unspecified atom stereocenters. The molecule has 0 atom stereocenters. The second kappa shape index (κ2) is 3.12. The van der Waals surface area contributed by atoms with Gasteiger partial charge in [-0.15, -0.1) is 0 Å². The summed E-state index contributed by atoms with van der Waals surface area (Å²) in [4.78, 5) is 21.2. The standard InChI is InChI=1S/C6H7N3O3/c1-9-5(8-11)4(3-7-9)6(10)12-2/h3H,1-2H3/p+1. The van der Waals surface area contributed by atoms with Crippen molar-refractivity contribution in [3.05, 3.63) is 16.7 Å². The van der Waals surface area contributed by atoms with E-state index in [1.165, 1.54) is 18.0 Å². The van der Waals surface area contributed by atoms with Crippen LogP contribution in [0.4, 0.5) is 5.82 Å². The summed E-state index contributed by atoms with van der Waals surface area (Å²) in [6.07, 6.45) is 1.36. The molecule has 0 saturated carbocycles. The van der Waals surface area contributed by atoms with Crippen LogP contribution in [0.1, 0.15) is 10.4 Å². The summed E-state index contributed by atoms with van der Waals surface area (Å²) in [5, 5.41) is 5.31. The number of H-pyrrole nitrogens is 1. The van der Waals surface area contributed by atoms with Gasteiger partial charge in [0.15, 0.2) is 5.56 Å². The fraction of sp³-hybridized carbons (Fsp3) is 0.333. The molecule has 0 aliphatic heterocycles. The van der Waals surface area contributed by atoms with Crippen LogP contribution in [0.15, 0.2) is 11.4 Å². The Hall–Kier alpha value is -1.72. The van der Waals surface area contributed by atoms with Gasteiger partial charge in [-0.2, -0.15) is 4.68 Å². The van der Waals surface area contributed by atoms with Crippen LogP contribution in [0, 0.1) is 4.91 Å². The normalized spacial score (nSPS) is 9.50. The Morgan fingerprint density at radius 2 is 2.42 bits per heavy atom. The first-order valence-electron chi connectivity index (χ1n) is 3.19. The number of aryl methyl sites for hydroxylation is 1. The molecule has 12 heavy (non-hydrogen) atoms. The molecule has 1 N–H and O–H groups in total. The molecule has 0 spiro atoms. The summed E-state index contributed by atoms with van der Waals surface area (Å²) in [5.74, 6) is -0.552. The zero-order valence-electron chi connectivity index (χ0n) is 6.70. The van der Waals surface area contributed by atoms with Crippen molar-refractivity contribution in [2.45, 2.75) is 0 Å². The molecule has 6 nitrogen and oxygen atoms in total. The highest BCUT2D eigenvalue weighted by molar-refractivity contribution is 5.92. The first-order valence-corrected chi connectivity index (χ1v) is 3.19. The second-order valence-electron chi connectivity index (χ2n) is 2.15. The average molecular weight is 170 g/mol. The third-order valence-corrected chi connectivity index (χ3v) is 1.45. The Labute approximate surface area is 68.1 Å². The molecule has 1 aromatic heterocycles. The lowest BCUT2D eigenvalue weighted by Gasteiger charge is -1.89. The van der Waals surface area contributed by atoms with Gasteiger partial charge in [0.2, 0.25) is 5.18 Å². The molecule has 0 saturated heterocycles. The van der Waals surface area contributed by atoms with Gasteiger partial charge in [-0.3, -0.25) is 0 Å². The number of hydrogen-bond donors (Lipinski definition) is 1. The lowest BCUT2D eigenvalue weighted by atomic mass is 10.3. The van der Waals surface area contributed by atoms with Gasteiger partial charge in [0, 0.05) is 0 Å². The second-order valence-corrected chi connectivity index (χ2v) is 2.15. The fourth-order valence-electron chi connectivity index (χ4n) is 0.838. The molecule has 0 amide bonds. The maximum absolute atomic E-state index is 11.0. The number of carbonyl (C=O) groups excluding carboxylic acids is 1. The van der Waals surface area contributed by atoms with Gasteiger partial charge < -0.3 is 4.74 Å². The Kier molecular flexibility index (Phi) is 2.18. The summed E-state index contributed by atoms with van der Waals surface area (Å²) < 4.78 is 5.75. The van der Waals surface area contributed by atoms with Crippen molar-refractivity contribution < 1.29 is 14.2 Å². The minimum Gasteiger partial charge on any atom is -0.465 e. The summed E-state index contributed by atoms with van der Waals surface area (Å²) in [7, 11) is 2.81. The predicted molar refractivity (Wildman–Crippen MR) is 38.8 cm³/mol. The number of hydrogen-bond acceptors (Lipinski definition) is 4. The molecular formula is C6H8N3O3+. The van der Waals surface area contributed by atoms with Crippen molar-refractivity contribution in [1.29, 1.82) is 0 Å². The van der Waals surface area contributed by atoms with Crippen LogP contribution in [0.3, 0.4) is 0 Å². The number of carbonyl (C=O) groups is 1. The quantitative estimate of drug-likeness (QED) is 0.386. The van der Waals surface area contributed by atoms with Gasteiger partial charge in [0.25, 0.3) is 0 Å². The lowest BCUT2D eigenvalue weighted by molar-refractivity contribution is -0.714. The van der Waals surface area contributed by atoms with Gasteiger partial charge >= 0.3 is 11.8 Å². The Morgan fingerprint density at radius 3 is 2.92 bits per heavy atom. The van der Waals surface area contributed by atoms with Crippen LogP contribution in [0.25, 0.3) is 0 Å². The molecule has 1 heterocycles. The van der Waals surface area contributed by atoms with E-state index in [-0.39, 0.29) is 11.4 Å². The molecule has 1 rings (SSSR count). The van der Waals surface area contributed by atoms with E-state index in [0.29, 0.717) is 0 Å². The van der Waals surface area contributed by atoms with E-state index in [2.05, 4.69) is 15.0 Å². The van der Waals surface area contributed by atoms with E-state index in [0.717, 1.165) is 0 Å². The van der Waals surface area contributed by atoms with Crippen molar-refractivity contribution in [3.63, 3.8) is 0 Å². The van der Waals surface area contributed by atoms with Gasteiger partial charge in [-0.1, -0.05) is 0 Å². The molecule has 0 aliphatic carbocycles. The van der Waals surface area contributed by atoms with Crippen LogP contribution >= 0.6 is 0 Å². The Morgan fingerprint density at radius 1 is 1.75 bits per heavy atom. The Bertz CT molecular complexity index is 318. The largest absolute Gasteiger partial charge is 0.465 e. The molecule has 0 aliphatic rings. The minimum atomic E-state index is -0.582. The number of nitrogens with zero attached hydrogens (tertiary/aromatic N) is 2. The molecule has 0 bridgehead atoms. The molecule has 0 aromatic carbocycles. The minimum absolute atomic E-state index is 0.0295. The number of ether oxygens (including phenoxy) is 1. The molecular weight excluding hydrogens is 162 g/mol. The number of nitroso groups, excluding NO2 is 1. The van der Waals surface area contributed by atoms with E-state index in [1.54, 1.807) is 7.05 Å². The highest BCUT2D eigenvalue weighted by atomic mass is 16.5.